The minimum Gasteiger partial charge on any atom is -0.262 e. The van der Waals surface area contributed by atoms with E-state index in [4.69, 9.17) is 0 Å². The molecule has 0 radical (unpaired) electrons. The molecule has 1 aromatic carbocycles. The van der Waals surface area contributed by atoms with Gasteiger partial charge in [0.2, 0.25) is 0 Å². The van der Waals surface area contributed by atoms with Crippen LogP contribution in [0.25, 0.3) is 11.4 Å². The largest absolute Gasteiger partial charge is 0.416 e. The monoisotopic (exact) mass is 331 g/mol. The molecule has 7 heteroatoms. The average molecular weight is 332 g/mol. The molecule has 0 unspecified atom stereocenters. The summed E-state index contributed by atoms with van der Waals surface area (Å²) in [5.41, 5.74) is -0.360. The number of alkyl halides is 3. The number of hydrogen-bond acceptors (Lipinski definition) is 2. The standard InChI is InChI=1S/C12H9BrF3N3/c13-9-4-3-7(12(14,15)16)5-8(9)11-17-10(18-19-11)6-1-2-6/h3-6H,1-2H2,(H,17,18,19). The van der Waals surface area contributed by atoms with Gasteiger partial charge in [0.15, 0.2) is 5.82 Å². The van der Waals surface area contributed by atoms with Crippen molar-refractivity contribution in [3.63, 3.8) is 0 Å². The fourth-order valence-electron chi connectivity index (χ4n) is 1.81. The fraction of sp³-hybridized carbons (Fsp3) is 0.333. The first-order valence-electron chi connectivity index (χ1n) is 5.74. The molecule has 1 heterocycles. The highest BCUT2D eigenvalue weighted by molar-refractivity contribution is 9.10. The van der Waals surface area contributed by atoms with Gasteiger partial charge in [0, 0.05) is 16.0 Å². The molecular formula is C12H9BrF3N3. The Morgan fingerprint density at radius 2 is 2.00 bits per heavy atom. The third-order valence-corrected chi connectivity index (χ3v) is 3.69. The number of aromatic nitrogens is 3. The van der Waals surface area contributed by atoms with Gasteiger partial charge in [0.05, 0.1) is 5.56 Å². The lowest BCUT2D eigenvalue weighted by atomic mass is 10.1. The summed E-state index contributed by atoms with van der Waals surface area (Å²) in [6, 6.07) is 3.46. The van der Waals surface area contributed by atoms with Crippen LogP contribution in [0.2, 0.25) is 0 Å². The van der Waals surface area contributed by atoms with Crippen LogP contribution in [0.5, 0.6) is 0 Å². The molecule has 3 nitrogen and oxygen atoms in total. The highest BCUT2D eigenvalue weighted by Crippen LogP contribution is 2.39. The van der Waals surface area contributed by atoms with E-state index in [1.54, 1.807) is 0 Å². The van der Waals surface area contributed by atoms with E-state index in [2.05, 4.69) is 31.1 Å². The molecule has 19 heavy (non-hydrogen) atoms. The lowest BCUT2D eigenvalue weighted by molar-refractivity contribution is -0.137. The van der Waals surface area contributed by atoms with Crippen molar-refractivity contribution in [3.05, 3.63) is 34.1 Å². The summed E-state index contributed by atoms with van der Waals surface area (Å²) in [5, 5.41) is 6.79. The fourth-order valence-corrected chi connectivity index (χ4v) is 2.23. The molecule has 1 aliphatic carbocycles. The summed E-state index contributed by atoms with van der Waals surface area (Å²) in [4.78, 5) is 4.26. The minimum atomic E-state index is -4.37. The Hall–Kier alpha value is -1.37. The normalized spacial score (nSPS) is 15.8. The lowest BCUT2D eigenvalue weighted by Crippen LogP contribution is -2.05. The van der Waals surface area contributed by atoms with Crippen LogP contribution in [-0.4, -0.2) is 15.2 Å². The smallest absolute Gasteiger partial charge is 0.262 e. The summed E-state index contributed by atoms with van der Waals surface area (Å²) in [6.07, 6.45) is -2.26. The van der Waals surface area contributed by atoms with Crippen molar-refractivity contribution >= 4 is 15.9 Å². The van der Waals surface area contributed by atoms with Gasteiger partial charge < -0.3 is 0 Å². The molecule has 1 fully saturated rings. The number of benzene rings is 1. The maximum absolute atomic E-state index is 12.7. The van der Waals surface area contributed by atoms with Gasteiger partial charge in [0.25, 0.3) is 0 Å². The van der Waals surface area contributed by atoms with Crippen molar-refractivity contribution in [2.24, 2.45) is 0 Å². The van der Waals surface area contributed by atoms with E-state index >= 15 is 0 Å². The molecule has 2 aromatic rings. The predicted octanol–water partition coefficient (Wildman–Crippen LogP) is 4.13. The maximum atomic E-state index is 12.7. The average Bonchev–Trinajstić information content (AvgIpc) is 3.07. The van der Waals surface area contributed by atoms with Crippen molar-refractivity contribution in [1.82, 2.24) is 15.2 Å². The molecule has 1 aromatic heterocycles. The number of nitrogens with zero attached hydrogens (tertiary/aromatic N) is 2. The van der Waals surface area contributed by atoms with Crippen LogP contribution < -0.4 is 0 Å². The van der Waals surface area contributed by atoms with Crippen LogP contribution in [0.15, 0.2) is 22.7 Å². The van der Waals surface area contributed by atoms with E-state index in [0.717, 1.165) is 30.8 Å². The van der Waals surface area contributed by atoms with Gasteiger partial charge in [-0.25, -0.2) is 4.98 Å². The van der Waals surface area contributed by atoms with Crippen molar-refractivity contribution in [2.45, 2.75) is 24.9 Å². The maximum Gasteiger partial charge on any atom is 0.416 e. The quantitative estimate of drug-likeness (QED) is 0.898. The second-order valence-electron chi connectivity index (χ2n) is 4.51. The van der Waals surface area contributed by atoms with Gasteiger partial charge in [-0.2, -0.15) is 18.3 Å². The Morgan fingerprint density at radius 3 is 2.63 bits per heavy atom. The number of hydrogen-bond donors (Lipinski definition) is 1. The van der Waals surface area contributed by atoms with E-state index < -0.39 is 11.7 Å². The van der Waals surface area contributed by atoms with Crippen molar-refractivity contribution < 1.29 is 13.2 Å². The minimum absolute atomic E-state index is 0.292. The van der Waals surface area contributed by atoms with Gasteiger partial charge in [0.1, 0.15) is 5.82 Å². The molecule has 1 saturated carbocycles. The Kier molecular flexibility index (Phi) is 2.88. The highest BCUT2D eigenvalue weighted by atomic mass is 79.9. The van der Waals surface area contributed by atoms with Gasteiger partial charge in [-0.15, -0.1) is 0 Å². The summed E-state index contributed by atoms with van der Waals surface area (Å²) < 4.78 is 38.6. The molecule has 3 rings (SSSR count). The second-order valence-corrected chi connectivity index (χ2v) is 5.37. The molecule has 0 aliphatic heterocycles. The molecule has 0 atom stereocenters. The molecule has 0 saturated heterocycles. The Labute approximate surface area is 115 Å². The van der Waals surface area contributed by atoms with E-state index in [1.807, 2.05) is 0 Å². The third kappa shape index (κ3) is 2.51. The first-order valence-corrected chi connectivity index (χ1v) is 6.54. The highest BCUT2D eigenvalue weighted by Gasteiger charge is 2.32. The van der Waals surface area contributed by atoms with E-state index in [0.29, 0.717) is 21.8 Å². The first-order chi connectivity index (χ1) is 8.95. The zero-order chi connectivity index (χ0) is 13.6. The van der Waals surface area contributed by atoms with Gasteiger partial charge in [-0.05, 0) is 31.0 Å². The first kappa shape index (κ1) is 12.7. The number of rotatable bonds is 2. The molecular weight excluding hydrogens is 323 g/mol. The second kappa shape index (κ2) is 4.33. The van der Waals surface area contributed by atoms with E-state index in [9.17, 15) is 13.2 Å². The Balaban J connectivity index is 2.02. The van der Waals surface area contributed by atoms with Crippen molar-refractivity contribution in [1.29, 1.82) is 0 Å². The van der Waals surface area contributed by atoms with Crippen LogP contribution in [0.3, 0.4) is 0 Å². The van der Waals surface area contributed by atoms with E-state index in [-0.39, 0.29) is 0 Å². The number of halogens is 4. The molecule has 0 spiro atoms. The van der Waals surface area contributed by atoms with Crippen LogP contribution in [-0.2, 0) is 6.18 Å². The predicted molar refractivity (Wildman–Crippen MR) is 66.5 cm³/mol. The molecule has 100 valence electrons. The summed E-state index contributed by atoms with van der Waals surface area (Å²) in [7, 11) is 0. The molecule has 1 N–H and O–H groups in total. The molecule has 1 aliphatic rings. The number of nitrogens with one attached hydrogen (secondary N) is 1. The van der Waals surface area contributed by atoms with Crippen LogP contribution in [0, 0.1) is 0 Å². The third-order valence-electron chi connectivity index (χ3n) is 3.00. The Bertz CT molecular complexity index is 617. The summed E-state index contributed by atoms with van der Waals surface area (Å²) in [6.45, 7) is 0. The SMILES string of the molecule is FC(F)(F)c1ccc(Br)c(-c2n[nH]c(C3CC3)n2)c1. The Morgan fingerprint density at radius 1 is 1.26 bits per heavy atom. The topological polar surface area (TPSA) is 41.6 Å². The zero-order valence-electron chi connectivity index (χ0n) is 9.63. The molecule has 0 bridgehead atoms. The van der Waals surface area contributed by atoms with Crippen LogP contribution in [0.1, 0.15) is 30.1 Å². The zero-order valence-corrected chi connectivity index (χ0v) is 11.2. The molecule has 0 amide bonds. The number of aromatic amines is 1. The van der Waals surface area contributed by atoms with Crippen LogP contribution >= 0.6 is 15.9 Å². The van der Waals surface area contributed by atoms with Crippen LogP contribution in [0.4, 0.5) is 13.2 Å². The lowest BCUT2D eigenvalue weighted by Gasteiger charge is -2.08. The number of H-pyrrole nitrogens is 1. The van der Waals surface area contributed by atoms with E-state index in [1.165, 1.54) is 6.07 Å². The van der Waals surface area contributed by atoms with Crippen molar-refractivity contribution in [2.75, 3.05) is 0 Å². The van der Waals surface area contributed by atoms with Gasteiger partial charge in [-0.3, -0.25) is 5.10 Å². The van der Waals surface area contributed by atoms with Crippen molar-refractivity contribution in [3.8, 4) is 11.4 Å². The summed E-state index contributed by atoms with van der Waals surface area (Å²) in [5.74, 6) is 1.42. The van der Waals surface area contributed by atoms with Gasteiger partial charge >= 0.3 is 6.18 Å². The van der Waals surface area contributed by atoms with Gasteiger partial charge in [-0.1, -0.05) is 15.9 Å². The summed E-state index contributed by atoms with van der Waals surface area (Å²) >= 11 is 3.23.